The fourth-order valence-electron chi connectivity index (χ4n) is 2.06. The maximum absolute atomic E-state index is 8.97. The summed E-state index contributed by atoms with van der Waals surface area (Å²) < 4.78 is 5.72. The summed E-state index contributed by atoms with van der Waals surface area (Å²) in [7, 11) is 0. The van der Waals surface area contributed by atoms with Gasteiger partial charge in [-0.2, -0.15) is 0 Å². The molecule has 0 aromatic heterocycles. The molecule has 1 aromatic rings. The Kier molecular flexibility index (Phi) is 7.35. The van der Waals surface area contributed by atoms with Crippen LogP contribution in [-0.4, -0.2) is 42.9 Å². The van der Waals surface area contributed by atoms with E-state index in [0.29, 0.717) is 6.61 Å². The minimum Gasteiger partial charge on any atom is -0.492 e. The smallest absolute Gasteiger partial charge is 0.119 e. The minimum atomic E-state index is 0.235. The van der Waals surface area contributed by atoms with Crippen molar-refractivity contribution in [2.45, 2.75) is 27.2 Å². The van der Waals surface area contributed by atoms with Crippen LogP contribution in [0.4, 0.5) is 0 Å². The van der Waals surface area contributed by atoms with Crippen molar-refractivity contribution in [2.75, 3.05) is 32.8 Å². The molecule has 0 saturated carbocycles. The van der Waals surface area contributed by atoms with Crippen LogP contribution in [0.25, 0.3) is 0 Å². The van der Waals surface area contributed by atoms with Crippen LogP contribution in [0.3, 0.4) is 0 Å². The van der Waals surface area contributed by atoms with Gasteiger partial charge in [0.05, 0.1) is 0 Å². The van der Waals surface area contributed by atoms with Crippen LogP contribution in [0.2, 0.25) is 5.02 Å². The molecule has 1 aromatic carbocycles. The molecule has 1 N–H and O–H groups in total. The Morgan fingerprint density at radius 1 is 1.15 bits per heavy atom. The Morgan fingerprint density at radius 2 is 1.80 bits per heavy atom. The molecule has 0 amide bonds. The minimum absolute atomic E-state index is 0.235. The maximum atomic E-state index is 8.97. The second-order valence-corrected chi connectivity index (χ2v) is 6.65. The van der Waals surface area contributed by atoms with Crippen LogP contribution in [0.1, 0.15) is 27.2 Å². The topological polar surface area (TPSA) is 32.7 Å². The third-order valence-corrected chi connectivity index (χ3v) is 3.07. The molecule has 3 nitrogen and oxygen atoms in total. The van der Waals surface area contributed by atoms with E-state index in [-0.39, 0.29) is 12.0 Å². The van der Waals surface area contributed by atoms with Crippen molar-refractivity contribution in [2.24, 2.45) is 5.41 Å². The van der Waals surface area contributed by atoms with Crippen molar-refractivity contribution in [3.63, 3.8) is 0 Å². The van der Waals surface area contributed by atoms with E-state index in [0.717, 1.165) is 36.8 Å². The summed E-state index contributed by atoms with van der Waals surface area (Å²) in [5, 5.41) is 9.69. The predicted octanol–water partition coefficient (Wildman–Crippen LogP) is 3.45. The van der Waals surface area contributed by atoms with Crippen LogP contribution in [-0.2, 0) is 0 Å². The number of benzene rings is 1. The zero-order valence-electron chi connectivity index (χ0n) is 12.7. The molecule has 0 unspecified atom stereocenters. The summed E-state index contributed by atoms with van der Waals surface area (Å²) in [6.45, 7) is 10.3. The number of hydrogen-bond donors (Lipinski definition) is 1. The Balaban J connectivity index is 2.38. The summed E-state index contributed by atoms with van der Waals surface area (Å²) in [4.78, 5) is 2.34. The highest BCUT2D eigenvalue weighted by atomic mass is 35.5. The number of rotatable bonds is 8. The molecule has 0 atom stereocenters. The average Bonchev–Trinajstić information content (AvgIpc) is 2.36. The quantitative estimate of drug-likeness (QED) is 0.798. The highest BCUT2D eigenvalue weighted by molar-refractivity contribution is 6.30. The van der Waals surface area contributed by atoms with Crippen molar-refractivity contribution in [1.29, 1.82) is 0 Å². The number of aliphatic hydroxyl groups excluding tert-OH is 1. The number of aliphatic hydroxyl groups is 1. The Hall–Kier alpha value is -0.770. The normalized spacial score (nSPS) is 11.9. The first kappa shape index (κ1) is 17.3. The lowest BCUT2D eigenvalue weighted by molar-refractivity contribution is 0.147. The van der Waals surface area contributed by atoms with E-state index >= 15 is 0 Å². The van der Waals surface area contributed by atoms with Gasteiger partial charge < -0.3 is 9.84 Å². The highest BCUT2D eigenvalue weighted by Crippen LogP contribution is 2.17. The molecule has 4 heteroatoms. The van der Waals surface area contributed by atoms with Crippen molar-refractivity contribution in [1.82, 2.24) is 4.90 Å². The van der Waals surface area contributed by atoms with Crippen LogP contribution in [0.5, 0.6) is 5.75 Å². The lowest BCUT2D eigenvalue weighted by Gasteiger charge is -2.29. The average molecular weight is 300 g/mol. The SMILES string of the molecule is CC(C)(C)CN(CCCO)CCOc1ccc(Cl)cc1. The lowest BCUT2D eigenvalue weighted by Crippen LogP contribution is -2.36. The predicted molar refractivity (Wildman–Crippen MR) is 84.5 cm³/mol. The Morgan fingerprint density at radius 3 is 2.35 bits per heavy atom. The van der Waals surface area contributed by atoms with Crippen molar-refractivity contribution >= 4 is 11.6 Å². The number of ether oxygens (including phenoxy) is 1. The van der Waals surface area contributed by atoms with Crippen molar-refractivity contribution < 1.29 is 9.84 Å². The van der Waals surface area contributed by atoms with E-state index in [1.54, 1.807) is 0 Å². The first-order valence-corrected chi connectivity index (χ1v) is 7.50. The van der Waals surface area contributed by atoms with Crippen LogP contribution < -0.4 is 4.74 Å². The number of hydrogen-bond acceptors (Lipinski definition) is 3. The van der Waals surface area contributed by atoms with Crippen LogP contribution in [0.15, 0.2) is 24.3 Å². The standard InChI is InChI=1S/C16H26ClNO2/c1-16(2,3)13-18(9-4-11-19)10-12-20-15-7-5-14(17)6-8-15/h5-8,19H,4,9-13H2,1-3H3. The molecule has 114 valence electrons. The number of nitrogens with zero attached hydrogens (tertiary/aromatic N) is 1. The Labute approximate surface area is 127 Å². The van der Waals surface area contributed by atoms with Gasteiger partial charge in [-0.25, -0.2) is 0 Å². The number of halogens is 1. The molecule has 0 bridgehead atoms. The van der Waals surface area contributed by atoms with Gasteiger partial charge in [-0.1, -0.05) is 32.4 Å². The van der Waals surface area contributed by atoms with E-state index < -0.39 is 0 Å². The molecular weight excluding hydrogens is 274 g/mol. The van der Waals surface area contributed by atoms with E-state index in [4.69, 9.17) is 21.4 Å². The summed E-state index contributed by atoms with van der Waals surface area (Å²) >= 11 is 5.84. The van der Waals surface area contributed by atoms with E-state index in [1.807, 2.05) is 24.3 Å². The van der Waals surface area contributed by atoms with Gasteiger partial charge in [-0.15, -0.1) is 0 Å². The van der Waals surface area contributed by atoms with Gasteiger partial charge in [0.15, 0.2) is 0 Å². The van der Waals surface area contributed by atoms with E-state index in [2.05, 4.69) is 25.7 Å². The van der Waals surface area contributed by atoms with E-state index in [9.17, 15) is 0 Å². The zero-order valence-corrected chi connectivity index (χ0v) is 13.5. The molecule has 0 spiro atoms. The monoisotopic (exact) mass is 299 g/mol. The second kappa shape index (κ2) is 8.50. The van der Waals surface area contributed by atoms with Gasteiger partial charge in [0.1, 0.15) is 12.4 Å². The molecule has 0 aliphatic carbocycles. The van der Waals surface area contributed by atoms with Gasteiger partial charge in [0.25, 0.3) is 0 Å². The van der Waals surface area contributed by atoms with E-state index in [1.165, 1.54) is 0 Å². The maximum Gasteiger partial charge on any atom is 0.119 e. The first-order chi connectivity index (χ1) is 9.40. The van der Waals surface area contributed by atoms with Gasteiger partial charge in [-0.3, -0.25) is 4.90 Å². The molecule has 0 saturated heterocycles. The van der Waals surface area contributed by atoms with Crippen molar-refractivity contribution in [3.05, 3.63) is 29.3 Å². The molecule has 0 aliphatic heterocycles. The van der Waals surface area contributed by atoms with Gasteiger partial charge in [0.2, 0.25) is 0 Å². The summed E-state index contributed by atoms with van der Waals surface area (Å²) in [5.41, 5.74) is 0.246. The summed E-state index contributed by atoms with van der Waals surface area (Å²) in [6, 6.07) is 7.42. The third kappa shape index (κ3) is 7.73. The second-order valence-electron chi connectivity index (χ2n) is 6.22. The van der Waals surface area contributed by atoms with Gasteiger partial charge in [0, 0.05) is 31.3 Å². The van der Waals surface area contributed by atoms with Crippen molar-refractivity contribution in [3.8, 4) is 5.75 Å². The molecular formula is C16H26ClNO2. The van der Waals surface area contributed by atoms with Gasteiger partial charge in [-0.05, 0) is 36.1 Å². The third-order valence-electron chi connectivity index (χ3n) is 2.82. The largest absolute Gasteiger partial charge is 0.492 e. The molecule has 0 fully saturated rings. The summed E-state index contributed by atoms with van der Waals surface area (Å²) in [6.07, 6.45) is 0.803. The van der Waals surface area contributed by atoms with Crippen LogP contribution >= 0.6 is 11.6 Å². The molecule has 1 rings (SSSR count). The fraction of sp³-hybridized carbons (Fsp3) is 0.625. The molecule has 0 radical (unpaired) electrons. The van der Waals surface area contributed by atoms with Crippen LogP contribution in [0, 0.1) is 5.41 Å². The first-order valence-electron chi connectivity index (χ1n) is 7.12. The molecule has 0 heterocycles. The Bertz CT molecular complexity index is 373. The lowest BCUT2D eigenvalue weighted by atomic mass is 9.96. The highest BCUT2D eigenvalue weighted by Gasteiger charge is 2.16. The molecule has 0 aliphatic rings. The molecule has 20 heavy (non-hydrogen) atoms. The summed E-state index contributed by atoms with van der Waals surface area (Å²) in [5.74, 6) is 0.840. The fourth-order valence-corrected chi connectivity index (χ4v) is 2.18. The zero-order chi connectivity index (χ0) is 15.0. The van der Waals surface area contributed by atoms with Gasteiger partial charge >= 0.3 is 0 Å².